The zero-order valence-electron chi connectivity index (χ0n) is 11.6. The lowest BCUT2D eigenvalue weighted by molar-refractivity contribution is -0.133. The summed E-state index contributed by atoms with van der Waals surface area (Å²) < 4.78 is 0. The molecule has 0 aliphatic carbocycles. The van der Waals surface area contributed by atoms with Gasteiger partial charge in [0, 0.05) is 20.0 Å². The van der Waals surface area contributed by atoms with E-state index in [4.69, 9.17) is 5.73 Å². The van der Waals surface area contributed by atoms with Gasteiger partial charge in [-0.3, -0.25) is 24.1 Å². The lowest BCUT2D eigenvalue weighted by atomic mass is 10.3. The molecule has 0 radical (unpaired) electrons. The van der Waals surface area contributed by atoms with Crippen molar-refractivity contribution < 1.29 is 19.2 Å². The molecule has 0 saturated carbocycles. The van der Waals surface area contributed by atoms with Gasteiger partial charge in [-0.1, -0.05) is 0 Å². The van der Waals surface area contributed by atoms with E-state index in [1.165, 1.54) is 25.7 Å². The van der Waals surface area contributed by atoms with Gasteiger partial charge in [0.05, 0.1) is 19.6 Å². The van der Waals surface area contributed by atoms with Crippen LogP contribution in [0, 0.1) is 0 Å². The summed E-state index contributed by atoms with van der Waals surface area (Å²) in [6.07, 6.45) is 0. The highest BCUT2D eigenvalue weighted by molar-refractivity contribution is 5.83. The van der Waals surface area contributed by atoms with E-state index in [0.29, 0.717) is 6.54 Å². The molecule has 7 heteroatoms. The molecule has 0 rings (SSSR count). The fourth-order valence-corrected chi connectivity index (χ4v) is 1.63. The second-order valence-corrected chi connectivity index (χ2v) is 4.52. The van der Waals surface area contributed by atoms with Crippen molar-refractivity contribution >= 4 is 23.4 Å². The number of amides is 2. The van der Waals surface area contributed by atoms with Gasteiger partial charge in [-0.25, -0.2) is 0 Å². The number of hydrogen-bond acceptors (Lipinski definition) is 5. The van der Waals surface area contributed by atoms with E-state index in [2.05, 4.69) is 0 Å². The maximum Gasteiger partial charge on any atom is 0.231 e. The summed E-state index contributed by atoms with van der Waals surface area (Å²) in [6.45, 7) is 4.83. The normalized spacial score (nSPS) is 10.3. The molecule has 0 bridgehead atoms. The summed E-state index contributed by atoms with van der Waals surface area (Å²) >= 11 is 0. The number of Topliss-reactive ketones (excluding diaryl/α,β-unsaturated/α-hetero) is 2. The minimum absolute atomic E-state index is 0.0276. The molecule has 0 aromatic rings. The molecule has 0 aliphatic rings. The SMILES string of the molecule is CC(=O)CN(CCN(CC(C)=O)C(C)=O)CC(N)=O. The molecule has 0 aromatic carbocycles. The van der Waals surface area contributed by atoms with Crippen molar-refractivity contribution in [2.75, 3.05) is 32.7 Å². The third-order valence-electron chi connectivity index (χ3n) is 2.37. The van der Waals surface area contributed by atoms with Crippen molar-refractivity contribution in [1.29, 1.82) is 0 Å². The molecule has 0 unspecified atom stereocenters. The van der Waals surface area contributed by atoms with Gasteiger partial charge < -0.3 is 10.6 Å². The van der Waals surface area contributed by atoms with Crippen molar-refractivity contribution in [3.05, 3.63) is 0 Å². The maximum atomic E-state index is 11.3. The predicted octanol–water partition coefficient (Wildman–Crippen LogP) is -1.20. The Morgan fingerprint density at radius 2 is 1.37 bits per heavy atom. The third kappa shape index (κ3) is 8.90. The van der Waals surface area contributed by atoms with Gasteiger partial charge in [0.2, 0.25) is 11.8 Å². The number of primary amides is 1. The molecule has 108 valence electrons. The highest BCUT2D eigenvalue weighted by atomic mass is 16.2. The largest absolute Gasteiger partial charge is 0.369 e. The van der Waals surface area contributed by atoms with Crippen molar-refractivity contribution in [3.8, 4) is 0 Å². The Labute approximate surface area is 112 Å². The van der Waals surface area contributed by atoms with E-state index in [0.717, 1.165) is 0 Å². The van der Waals surface area contributed by atoms with Crippen LogP contribution in [-0.4, -0.2) is 65.9 Å². The van der Waals surface area contributed by atoms with Crippen LogP contribution in [0.1, 0.15) is 20.8 Å². The third-order valence-corrected chi connectivity index (χ3v) is 2.37. The van der Waals surface area contributed by atoms with E-state index in [1.54, 1.807) is 4.90 Å². The van der Waals surface area contributed by atoms with E-state index >= 15 is 0 Å². The molecular formula is C12H21N3O4. The van der Waals surface area contributed by atoms with E-state index in [9.17, 15) is 19.2 Å². The van der Waals surface area contributed by atoms with Crippen LogP contribution < -0.4 is 5.73 Å². The Morgan fingerprint density at radius 1 is 0.842 bits per heavy atom. The van der Waals surface area contributed by atoms with Crippen molar-refractivity contribution in [2.45, 2.75) is 20.8 Å². The molecule has 2 amide bonds. The molecule has 0 aliphatic heterocycles. The lowest BCUT2D eigenvalue weighted by Crippen LogP contribution is -2.43. The topological polar surface area (TPSA) is 101 Å². The first-order chi connectivity index (χ1) is 8.72. The Bertz CT molecular complexity index is 352. The van der Waals surface area contributed by atoms with Crippen molar-refractivity contribution in [2.24, 2.45) is 5.73 Å². The second-order valence-electron chi connectivity index (χ2n) is 4.52. The van der Waals surface area contributed by atoms with Crippen LogP contribution in [0.5, 0.6) is 0 Å². The Kier molecular flexibility index (Phi) is 7.59. The van der Waals surface area contributed by atoms with Crippen LogP contribution in [0.2, 0.25) is 0 Å². The fourth-order valence-electron chi connectivity index (χ4n) is 1.63. The summed E-state index contributed by atoms with van der Waals surface area (Å²) in [4.78, 5) is 47.2. The van der Waals surface area contributed by atoms with Gasteiger partial charge in [0.15, 0.2) is 0 Å². The molecule has 0 spiro atoms. The van der Waals surface area contributed by atoms with Gasteiger partial charge in [-0.15, -0.1) is 0 Å². The molecule has 2 N–H and O–H groups in total. The van der Waals surface area contributed by atoms with Crippen LogP contribution in [0.4, 0.5) is 0 Å². The average molecular weight is 271 g/mol. The molecule has 0 aromatic heterocycles. The number of nitrogens with zero attached hydrogens (tertiary/aromatic N) is 2. The Balaban J connectivity index is 4.47. The zero-order valence-corrected chi connectivity index (χ0v) is 11.6. The minimum Gasteiger partial charge on any atom is -0.369 e. The summed E-state index contributed by atoms with van der Waals surface area (Å²) in [5.74, 6) is -0.982. The quantitative estimate of drug-likeness (QED) is 0.567. The molecule has 19 heavy (non-hydrogen) atoms. The number of rotatable bonds is 9. The van der Waals surface area contributed by atoms with Crippen LogP contribution >= 0.6 is 0 Å². The summed E-state index contributed by atoms with van der Waals surface area (Å²) in [6, 6.07) is 0. The van der Waals surface area contributed by atoms with Crippen molar-refractivity contribution in [1.82, 2.24) is 9.80 Å². The first kappa shape index (κ1) is 17.2. The number of ketones is 2. The van der Waals surface area contributed by atoms with Gasteiger partial charge >= 0.3 is 0 Å². The van der Waals surface area contributed by atoms with Gasteiger partial charge in [-0.2, -0.15) is 0 Å². The fraction of sp³-hybridized carbons (Fsp3) is 0.667. The Morgan fingerprint density at radius 3 is 1.74 bits per heavy atom. The number of hydrogen-bond donors (Lipinski definition) is 1. The first-order valence-corrected chi connectivity index (χ1v) is 5.97. The smallest absolute Gasteiger partial charge is 0.231 e. The standard InChI is InChI=1S/C12H21N3O4/c1-9(16)6-14(8-12(13)19)4-5-15(11(3)18)7-10(2)17/h4-8H2,1-3H3,(H2,13,19). The minimum atomic E-state index is -0.540. The number of carbonyl (C=O) groups excluding carboxylic acids is 4. The van der Waals surface area contributed by atoms with E-state index in [-0.39, 0.29) is 43.7 Å². The average Bonchev–Trinajstić information content (AvgIpc) is 2.21. The van der Waals surface area contributed by atoms with Crippen molar-refractivity contribution in [3.63, 3.8) is 0 Å². The van der Waals surface area contributed by atoms with E-state index in [1.807, 2.05) is 0 Å². The maximum absolute atomic E-state index is 11.3. The monoisotopic (exact) mass is 271 g/mol. The van der Waals surface area contributed by atoms with E-state index < -0.39 is 5.91 Å². The Hall–Kier alpha value is -1.76. The number of carbonyl (C=O) groups is 4. The molecule has 7 nitrogen and oxygen atoms in total. The highest BCUT2D eigenvalue weighted by Gasteiger charge is 2.15. The first-order valence-electron chi connectivity index (χ1n) is 5.97. The summed E-state index contributed by atoms with van der Waals surface area (Å²) in [5, 5.41) is 0. The molecule has 0 heterocycles. The van der Waals surface area contributed by atoms with Gasteiger partial charge in [0.1, 0.15) is 11.6 Å². The molecule has 0 atom stereocenters. The predicted molar refractivity (Wildman–Crippen MR) is 69.3 cm³/mol. The number of nitrogens with two attached hydrogens (primary N) is 1. The second kappa shape index (κ2) is 8.36. The highest BCUT2D eigenvalue weighted by Crippen LogP contribution is 1.95. The summed E-state index contributed by atoms with van der Waals surface area (Å²) in [7, 11) is 0. The zero-order chi connectivity index (χ0) is 15.0. The molecular weight excluding hydrogens is 250 g/mol. The van der Waals surface area contributed by atoms with Crippen LogP contribution in [0.3, 0.4) is 0 Å². The lowest BCUT2D eigenvalue weighted by Gasteiger charge is -2.25. The van der Waals surface area contributed by atoms with Gasteiger partial charge in [0.25, 0.3) is 0 Å². The van der Waals surface area contributed by atoms with Crippen LogP contribution in [0.15, 0.2) is 0 Å². The molecule has 0 saturated heterocycles. The van der Waals surface area contributed by atoms with Crippen LogP contribution in [-0.2, 0) is 19.2 Å². The molecule has 0 fully saturated rings. The van der Waals surface area contributed by atoms with Crippen LogP contribution in [0.25, 0.3) is 0 Å². The summed E-state index contributed by atoms with van der Waals surface area (Å²) in [5.41, 5.74) is 5.09. The van der Waals surface area contributed by atoms with Gasteiger partial charge in [-0.05, 0) is 13.8 Å².